The predicted molar refractivity (Wildman–Crippen MR) is 130 cm³/mol. The van der Waals surface area contributed by atoms with Crippen molar-refractivity contribution < 1.29 is 22.1 Å². The van der Waals surface area contributed by atoms with Crippen LogP contribution in [-0.2, 0) is 14.8 Å². The Labute approximate surface area is 207 Å². The molecule has 2 fully saturated rings. The first-order valence-electron chi connectivity index (χ1n) is 11.7. The van der Waals surface area contributed by atoms with Gasteiger partial charge in [-0.15, -0.1) is 11.3 Å². The summed E-state index contributed by atoms with van der Waals surface area (Å²) in [5.74, 6) is 0.514. The molecule has 0 bridgehead atoms. The van der Waals surface area contributed by atoms with Gasteiger partial charge in [0.1, 0.15) is 5.82 Å². The molecule has 3 aromatic rings. The van der Waals surface area contributed by atoms with Crippen LogP contribution in [0, 0.1) is 25.6 Å². The van der Waals surface area contributed by atoms with E-state index in [4.69, 9.17) is 4.52 Å². The van der Waals surface area contributed by atoms with Crippen LogP contribution in [0.25, 0.3) is 10.7 Å². The number of rotatable bonds is 6. The summed E-state index contributed by atoms with van der Waals surface area (Å²) in [7, 11) is -3.72. The lowest BCUT2D eigenvalue weighted by molar-refractivity contribution is -0.120. The zero-order chi connectivity index (χ0) is 24.7. The minimum Gasteiger partial charge on any atom is -0.339 e. The number of nitrogens with zero attached hydrogens (tertiary/aromatic N) is 3. The van der Waals surface area contributed by atoms with Gasteiger partial charge in [-0.05, 0) is 69.4 Å². The van der Waals surface area contributed by atoms with Crippen LogP contribution in [0.3, 0.4) is 0 Å². The van der Waals surface area contributed by atoms with Crippen molar-refractivity contribution in [3.63, 3.8) is 0 Å². The van der Waals surface area contributed by atoms with Gasteiger partial charge < -0.3 is 9.84 Å². The third-order valence-electron chi connectivity index (χ3n) is 6.88. The number of hydrogen-bond acceptors (Lipinski definition) is 7. The smallest absolute Gasteiger partial charge is 0.244 e. The Hall–Kier alpha value is -2.63. The molecular weight excluding hydrogens is 491 g/mol. The molecular formula is C24H27FN4O4S2. The monoisotopic (exact) mass is 518 g/mol. The molecule has 1 saturated heterocycles. The van der Waals surface area contributed by atoms with Gasteiger partial charge in [0.15, 0.2) is 0 Å². The van der Waals surface area contributed by atoms with Crippen molar-refractivity contribution in [2.75, 3.05) is 18.4 Å². The molecule has 0 atom stereocenters. The Balaban J connectivity index is 1.25. The number of amides is 1. The molecule has 35 heavy (non-hydrogen) atoms. The quantitative estimate of drug-likeness (QED) is 0.500. The second-order valence-corrected chi connectivity index (χ2v) is 12.4. The fourth-order valence-electron chi connectivity index (χ4n) is 4.49. The van der Waals surface area contributed by atoms with Crippen LogP contribution in [0.5, 0.6) is 0 Å². The number of anilines is 1. The van der Waals surface area contributed by atoms with Crippen LogP contribution in [0.2, 0.25) is 0 Å². The first-order valence-corrected chi connectivity index (χ1v) is 14.0. The van der Waals surface area contributed by atoms with Gasteiger partial charge in [0, 0.05) is 35.5 Å². The van der Waals surface area contributed by atoms with Crippen LogP contribution in [-0.4, -0.2) is 41.9 Å². The molecule has 0 radical (unpaired) electrons. The number of carbonyl (C=O) groups is 1. The number of aryl methyl sites for hydroxylation is 2. The van der Waals surface area contributed by atoms with Gasteiger partial charge in [-0.3, -0.25) is 4.79 Å². The molecule has 8 nitrogen and oxygen atoms in total. The Morgan fingerprint density at radius 3 is 2.57 bits per heavy atom. The minimum absolute atomic E-state index is 0.176. The maximum Gasteiger partial charge on any atom is 0.244 e. The lowest BCUT2D eigenvalue weighted by atomic mass is 9.85. The standard InChI is InChI=1S/C24H27FN4O4S2/c1-14-12-18(25)6-7-19(14)26-23(30)16-8-10-29(11-9-16)35(31,32)21-13-20(34-15(21)2)22-27-24(33-28-22)17-4-3-5-17/h6-7,12-13,16-17H,3-5,8-11H2,1-2H3,(H,26,30). The normalized spacial score (nSPS) is 17.9. The summed E-state index contributed by atoms with van der Waals surface area (Å²) >= 11 is 1.34. The zero-order valence-electron chi connectivity index (χ0n) is 19.6. The van der Waals surface area contributed by atoms with E-state index in [9.17, 15) is 17.6 Å². The Morgan fingerprint density at radius 2 is 1.91 bits per heavy atom. The van der Waals surface area contributed by atoms with Crippen LogP contribution in [0.1, 0.15) is 54.4 Å². The number of sulfonamides is 1. The number of piperidine rings is 1. The van der Waals surface area contributed by atoms with Crippen LogP contribution in [0.15, 0.2) is 33.7 Å². The minimum atomic E-state index is -3.72. The van der Waals surface area contributed by atoms with Crippen molar-refractivity contribution in [2.24, 2.45) is 5.92 Å². The highest BCUT2D eigenvalue weighted by Crippen LogP contribution is 2.38. The van der Waals surface area contributed by atoms with Crippen molar-refractivity contribution in [2.45, 2.75) is 56.8 Å². The second kappa shape index (κ2) is 9.44. The van der Waals surface area contributed by atoms with Crippen molar-refractivity contribution in [3.05, 3.63) is 46.4 Å². The molecule has 5 rings (SSSR count). The topological polar surface area (TPSA) is 105 Å². The van der Waals surface area contributed by atoms with Gasteiger partial charge in [0.2, 0.25) is 27.6 Å². The number of aromatic nitrogens is 2. The molecule has 1 aliphatic heterocycles. The van der Waals surface area contributed by atoms with E-state index in [2.05, 4.69) is 15.5 Å². The zero-order valence-corrected chi connectivity index (χ0v) is 21.2. The Bertz CT molecular complexity index is 1360. The van der Waals surface area contributed by atoms with E-state index in [0.717, 1.165) is 19.3 Å². The lowest BCUT2D eigenvalue weighted by Gasteiger charge is -2.30. The number of halogens is 1. The van der Waals surface area contributed by atoms with Crippen LogP contribution < -0.4 is 5.32 Å². The number of carbonyl (C=O) groups excluding carboxylic acids is 1. The molecule has 1 saturated carbocycles. The molecule has 1 amide bonds. The summed E-state index contributed by atoms with van der Waals surface area (Å²) in [4.78, 5) is 18.8. The highest BCUT2D eigenvalue weighted by molar-refractivity contribution is 7.89. The fourth-order valence-corrected chi connectivity index (χ4v) is 7.44. The summed E-state index contributed by atoms with van der Waals surface area (Å²) in [6, 6.07) is 5.84. The summed E-state index contributed by atoms with van der Waals surface area (Å²) in [6.45, 7) is 4.01. The Kier molecular flexibility index (Phi) is 6.49. The van der Waals surface area contributed by atoms with Crippen molar-refractivity contribution in [1.82, 2.24) is 14.4 Å². The summed E-state index contributed by atoms with van der Waals surface area (Å²) in [5, 5.41) is 6.91. The van der Waals surface area contributed by atoms with Gasteiger partial charge in [0.25, 0.3) is 0 Å². The van der Waals surface area contributed by atoms with Crippen molar-refractivity contribution in [3.8, 4) is 10.7 Å². The van der Waals surface area contributed by atoms with E-state index in [1.54, 1.807) is 19.9 Å². The number of thiophene rings is 1. The highest BCUT2D eigenvalue weighted by Gasteiger charge is 2.34. The molecule has 1 aliphatic carbocycles. The first-order chi connectivity index (χ1) is 16.7. The SMILES string of the molecule is Cc1cc(F)ccc1NC(=O)C1CCN(S(=O)(=O)c2cc(-c3noc(C4CCC4)n3)sc2C)CC1. The van der Waals surface area contributed by atoms with Crippen LogP contribution in [0.4, 0.5) is 10.1 Å². The van der Waals surface area contributed by atoms with E-state index < -0.39 is 10.0 Å². The maximum absolute atomic E-state index is 13.4. The Morgan fingerprint density at radius 1 is 1.17 bits per heavy atom. The summed E-state index contributed by atoms with van der Waals surface area (Å²) in [6.07, 6.45) is 4.07. The van der Waals surface area contributed by atoms with E-state index >= 15 is 0 Å². The van der Waals surface area contributed by atoms with E-state index in [-0.39, 0.29) is 35.6 Å². The van der Waals surface area contributed by atoms with Gasteiger partial charge in [-0.2, -0.15) is 9.29 Å². The lowest BCUT2D eigenvalue weighted by Crippen LogP contribution is -2.41. The van der Waals surface area contributed by atoms with Crippen molar-refractivity contribution in [1.29, 1.82) is 0 Å². The largest absolute Gasteiger partial charge is 0.339 e. The summed E-state index contributed by atoms with van der Waals surface area (Å²) in [5.41, 5.74) is 1.21. The average Bonchev–Trinajstić information content (AvgIpc) is 3.42. The van der Waals surface area contributed by atoms with Gasteiger partial charge in [-0.1, -0.05) is 11.6 Å². The van der Waals surface area contributed by atoms with Gasteiger partial charge >= 0.3 is 0 Å². The third kappa shape index (κ3) is 4.76. The maximum atomic E-state index is 13.4. The molecule has 2 aliphatic rings. The average molecular weight is 519 g/mol. The fraction of sp³-hybridized carbons (Fsp3) is 0.458. The van der Waals surface area contributed by atoms with Gasteiger partial charge in [0.05, 0.1) is 9.77 Å². The van der Waals surface area contributed by atoms with Gasteiger partial charge in [-0.25, -0.2) is 12.8 Å². The second-order valence-electron chi connectivity index (χ2n) is 9.24. The molecule has 186 valence electrons. The molecule has 11 heteroatoms. The number of nitrogens with one attached hydrogen (secondary N) is 1. The van der Waals surface area contributed by atoms with E-state index in [1.165, 1.54) is 33.8 Å². The molecule has 1 aromatic carbocycles. The van der Waals surface area contributed by atoms with Crippen LogP contribution >= 0.6 is 11.3 Å². The first kappa shape index (κ1) is 24.1. The predicted octanol–water partition coefficient (Wildman–Crippen LogP) is 4.86. The molecule has 0 spiro atoms. The molecule has 0 unspecified atom stereocenters. The highest BCUT2D eigenvalue weighted by atomic mass is 32.2. The molecule has 3 heterocycles. The third-order valence-corrected chi connectivity index (χ3v) is 10.1. The van der Waals surface area contributed by atoms with E-state index in [1.807, 2.05) is 0 Å². The number of hydrogen-bond donors (Lipinski definition) is 1. The molecule has 2 aromatic heterocycles. The molecule has 1 N–H and O–H groups in total. The van der Waals surface area contributed by atoms with Crippen molar-refractivity contribution >= 4 is 33.0 Å². The van der Waals surface area contributed by atoms with E-state index in [0.29, 0.717) is 51.5 Å². The number of benzene rings is 1. The summed E-state index contributed by atoms with van der Waals surface area (Å²) < 4.78 is 47.0.